The summed E-state index contributed by atoms with van der Waals surface area (Å²) in [6, 6.07) is 14.8. The van der Waals surface area contributed by atoms with Gasteiger partial charge in [-0.25, -0.2) is 9.78 Å². The second kappa shape index (κ2) is 8.14. The van der Waals surface area contributed by atoms with Crippen LogP contribution in [0.15, 0.2) is 53.9 Å². The molecule has 3 rings (SSSR count). The molecule has 0 radical (unpaired) electrons. The van der Waals surface area contributed by atoms with Gasteiger partial charge in [-0.15, -0.1) is 11.3 Å². The molecule has 3 aromatic rings. The van der Waals surface area contributed by atoms with Crippen LogP contribution < -0.4 is 10.1 Å². The van der Waals surface area contributed by atoms with Crippen LogP contribution >= 0.6 is 11.3 Å². The summed E-state index contributed by atoms with van der Waals surface area (Å²) in [5.74, 6) is 0.197. The van der Waals surface area contributed by atoms with Crippen molar-refractivity contribution in [2.24, 2.45) is 0 Å². The van der Waals surface area contributed by atoms with Crippen molar-refractivity contribution in [3.05, 3.63) is 65.2 Å². The van der Waals surface area contributed by atoms with E-state index in [-0.39, 0.29) is 11.6 Å². The number of ether oxygens (including phenoxy) is 1. The molecule has 0 atom stereocenters. The van der Waals surface area contributed by atoms with Crippen molar-refractivity contribution in [2.75, 3.05) is 5.32 Å². The Hall–Kier alpha value is -2.99. The molecule has 5 nitrogen and oxygen atoms in total. The maximum atomic E-state index is 12.3. The molecule has 6 heteroatoms. The van der Waals surface area contributed by atoms with Crippen LogP contribution in [0.25, 0.3) is 10.6 Å². The first-order chi connectivity index (χ1) is 12.9. The smallest absolute Gasteiger partial charge is 0.363 e. The van der Waals surface area contributed by atoms with E-state index in [9.17, 15) is 9.59 Å². The largest absolute Gasteiger partial charge is 0.422 e. The molecular formula is C21H20N2O3S. The average molecular weight is 380 g/mol. The van der Waals surface area contributed by atoms with E-state index in [1.54, 1.807) is 29.6 Å². The molecule has 0 aliphatic carbocycles. The highest BCUT2D eigenvalue weighted by molar-refractivity contribution is 7.13. The third kappa shape index (κ3) is 4.80. The van der Waals surface area contributed by atoms with Crippen molar-refractivity contribution in [3.63, 3.8) is 0 Å². The van der Waals surface area contributed by atoms with Crippen LogP contribution in [0.3, 0.4) is 0 Å². The quantitative estimate of drug-likeness (QED) is 0.493. The third-order valence-electron chi connectivity index (χ3n) is 3.92. The molecule has 0 spiro atoms. The van der Waals surface area contributed by atoms with Gasteiger partial charge in [0.1, 0.15) is 10.8 Å². The van der Waals surface area contributed by atoms with Gasteiger partial charge in [-0.3, -0.25) is 4.79 Å². The van der Waals surface area contributed by atoms with Crippen LogP contribution in [0, 0.1) is 0 Å². The van der Waals surface area contributed by atoms with Gasteiger partial charge in [-0.05, 0) is 35.7 Å². The molecule has 1 N–H and O–H groups in total. The van der Waals surface area contributed by atoms with Gasteiger partial charge in [0.05, 0.1) is 0 Å². The van der Waals surface area contributed by atoms with Crippen LogP contribution in [0.5, 0.6) is 5.75 Å². The number of anilines is 1. The minimum Gasteiger partial charge on any atom is -0.422 e. The predicted molar refractivity (Wildman–Crippen MR) is 107 cm³/mol. The molecule has 0 saturated carbocycles. The second-order valence-electron chi connectivity index (χ2n) is 6.41. The standard InChI is InChI=1S/C21H20N2O3S/c1-13(2)15-4-6-16(7-5-15)20-23-19(12-27-20)21(25)26-18-10-8-17(9-11-18)22-14(3)24/h4-13H,1-3H3,(H,22,24). The van der Waals surface area contributed by atoms with Crippen molar-refractivity contribution in [3.8, 4) is 16.3 Å². The summed E-state index contributed by atoms with van der Waals surface area (Å²) in [4.78, 5) is 27.7. The number of carbonyl (C=O) groups excluding carboxylic acids is 2. The highest BCUT2D eigenvalue weighted by Gasteiger charge is 2.14. The summed E-state index contributed by atoms with van der Waals surface area (Å²) >= 11 is 1.41. The number of benzene rings is 2. The lowest BCUT2D eigenvalue weighted by Crippen LogP contribution is -2.09. The van der Waals surface area contributed by atoms with Gasteiger partial charge in [0, 0.05) is 23.6 Å². The maximum absolute atomic E-state index is 12.3. The van der Waals surface area contributed by atoms with Crippen molar-refractivity contribution in [2.45, 2.75) is 26.7 Å². The third-order valence-corrected chi connectivity index (χ3v) is 4.81. The topological polar surface area (TPSA) is 68.3 Å². The van der Waals surface area contributed by atoms with E-state index < -0.39 is 5.97 Å². The molecule has 0 unspecified atom stereocenters. The van der Waals surface area contributed by atoms with Crippen LogP contribution in [0.1, 0.15) is 42.7 Å². The highest BCUT2D eigenvalue weighted by Crippen LogP contribution is 2.26. The normalized spacial score (nSPS) is 10.7. The van der Waals surface area contributed by atoms with Gasteiger partial charge in [0.2, 0.25) is 5.91 Å². The van der Waals surface area contributed by atoms with E-state index in [0.29, 0.717) is 17.4 Å². The number of hydrogen-bond acceptors (Lipinski definition) is 5. The Balaban J connectivity index is 1.68. The van der Waals surface area contributed by atoms with Gasteiger partial charge in [0.25, 0.3) is 0 Å². The Bertz CT molecular complexity index is 944. The Labute approximate surface area is 162 Å². The molecule has 1 amide bonds. The summed E-state index contributed by atoms with van der Waals surface area (Å²) in [7, 11) is 0. The molecule has 1 aromatic heterocycles. The fourth-order valence-corrected chi connectivity index (χ4v) is 3.27. The second-order valence-corrected chi connectivity index (χ2v) is 7.27. The summed E-state index contributed by atoms with van der Waals surface area (Å²) in [6.07, 6.45) is 0. The molecule has 0 aliphatic heterocycles. The number of amides is 1. The molecule has 138 valence electrons. The van der Waals surface area contributed by atoms with Crippen LogP contribution in [0.2, 0.25) is 0 Å². The first-order valence-electron chi connectivity index (χ1n) is 8.58. The predicted octanol–water partition coefficient (Wildman–Crippen LogP) is 5.11. The Morgan fingerprint density at radius 3 is 2.30 bits per heavy atom. The monoisotopic (exact) mass is 380 g/mol. The number of esters is 1. The van der Waals surface area contributed by atoms with Gasteiger partial charge in [-0.2, -0.15) is 0 Å². The molecular weight excluding hydrogens is 360 g/mol. The van der Waals surface area contributed by atoms with Crippen molar-refractivity contribution in [1.82, 2.24) is 4.98 Å². The molecule has 27 heavy (non-hydrogen) atoms. The van der Waals surface area contributed by atoms with Crippen molar-refractivity contribution < 1.29 is 14.3 Å². The number of hydrogen-bond donors (Lipinski definition) is 1. The zero-order chi connectivity index (χ0) is 19.4. The minimum atomic E-state index is -0.511. The van der Waals surface area contributed by atoms with E-state index in [0.717, 1.165) is 10.6 Å². The molecule has 2 aromatic carbocycles. The van der Waals surface area contributed by atoms with Crippen molar-refractivity contribution >= 4 is 28.9 Å². The first kappa shape index (κ1) is 18.8. The summed E-state index contributed by atoms with van der Waals surface area (Å²) < 4.78 is 5.35. The zero-order valence-electron chi connectivity index (χ0n) is 15.4. The number of carbonyl (C=O) groups is 2. The average Bonchev–Trinajstić information content (AvgIpc) is 3.13. The minimum absolute atomic E-state index is 0.156. The molecule has 0 saturated heterocycles. The number of nitrogens with zero attached hydrogens (tertiary/aromatic N) is 1. The lowest BCUT2D eigenvalue weighted by atomic mass is 10.0. The van der Waals surface area contributed by atoms with E-state index >= 15 is 0 Å². The number of rotatable bonds is 5. The molecule has 1 heterocycles. The lowest BCUT2D eigenvalue weighted by molar-refractivity contribution is -0.114. The van der Waals surface area contributed by atoms with E-state index in [4.69, 9.17) is 4.74 Å². The first-order valence-corrected chi connectivity index (χ1v) is 9.46. The van der Waals surface area contributed by atoms with Gasteiger partial charge in [-0.1, -0.05) is 38.1 Å². The van der Waals surface area contributed by atoms with Gasteiger partial charge >= 0.3 is 5.97 Å². The number of aromatic nitrogens is 1. The zero-order valence-corrected chi connectivity index (χ0v) is 16.2. The number of nitrogens with one attached hydrogen (secondary N) is 1. The fourth-order valence-electron chi connectivity index (χ4n) is 2.48. The van der Waals surface area contributed by atoms with E-state index in [1.807, 2.05) is 12.1 Å². The van der Waals surface area contributed by atoms with Crippen LogP contribution in [0.4, 0.5) is 5.69 Å². The molecule has 0 fully saturated rings. The number of thiazole rings is 1. The highest BCUT2D eigenvalue weighted by atomic mass is 32.1. The van der Waals surface area contributed by atoms with E-state index in [2.05, 4.69) is 36.3 Å². The van der Waals surface area contributed by atoms with Gasteiger partial charge < -0.3 is 10.1 Å². The Kier molecular flexibility index (Phi) is 5.66. The Morgan fingerprint density at radius 1 is 1.04 bits per heavy atom. The van der Waals surface area contributed by atoms with Crippen molar-refractivity contribution in [1.29, 1.82) is 0 Å². The summed E-state index contributed by atoms with van der Waals surface area (Å²) in [6.45, 7) is 5.73. The van der Waals surface area contributed by atoms with Gasteiger partial charge in [0.15, 0.2) is 5.69 Å². The molecule has 0 aliphatic rings. The molecule has 0 bridgehead atoms. The lowest BCUT2D eigenvalue weighted by Gasteiger charge is -2.05. The fraction of sp³-hybridized carbons (Fsp3) is 0.190. The SMILES string of the molecule is CC(=O)Nc1ccc(OC(=O)c2csc(-c3ccc(C(C)C)cc3)n2)cc1. The Morgan fingerprint density at radius 2 is 1.70 bits per heavy atom. The summed E-state index contributed by atoms with van der Waals surface area (Å²) in [5.41, 5.74) is 3.15. The van der Waals surface area contributed by atoms with E-state index in [1.165, 1.54) is 23.8 Å². The summed E-state index contributed by atoms with van der Waals surface area (Å²) in [5, 5.41) is 5.13. The van der Waals surface area contributed by atoms with Crippen LogP contribution in [-0.4, -0.2) is 16.9 Å². The maximum Gasteiger partial charge on any atom is 0.363 e. The van der Waals surface area contributed by atoms with Crippen LogP contribution in [-0.2, 0) is 4.79 Å².